The zero-order chi connectivity index (χ0) is 15.4. The van der Waals surface area contributed by atoms with Gasteiger partial charge in [-0.1, -0.05) is 30.0 Å². The van der Waals surface area contributed by atoms with E-state index in [1.807, 2.05) is 31.5 Å². The van der Waals surface area contributed by atoms with Gasteiger partial charge in [0.25, 0.3) is 0 Å². The Bertz CT molecular complexity index is 648. The highest BCUT2D eigenvalue weighted by molar-refractivity contribution is 7.98. The van der Waals surface area contributed by atoms with Gasteiger partial charge in [-0.15, -0.1) is 0 Å². The Morgan fingerprint density at radius 1 is 1.32 bits per heavy atom. The van der Waals surface area contributed by atoms with Crippen LogP contribution in [0.5, 0.6) is 5.75 Å². The second-order valence-corrected chi connectivity index (χ2v) is 6.10. The van der Waals surface area contributed by atoms with Crippen LogP contribution in [0.25, 0.3) is 0 Å². The lowest BCUT2D eigenvalue weighted by molar-refractivity contribution is 0.236. The maximum Gasteiger partial charge on any atom is 0.187 e. The number of hydrogen-bond acceptors (Lipinski definition) is 5. The predicted molar refractivity (Wildman–Crippen MR) is 89.2 cm³/mol. The molecule has 0 saturated carbocycles. The predicted octanol–water partition coefficient (Wildman–Crippen LogP) is 3.16. The van der Waals surface area contributed by atoms with Crippen LogP contribution in [0.1, 0.15) is 23.7 Å². The molecule has 0 radical (unpaired) electrons. The molecule has 1 aromatic heterocycles. The molecule has 0 N–H and O–H groups in total. The van der Waals surface area contributed by atoms with Gasteiger partial charge in [0.05, 0.1) is 12.3 Å². The monoisotopic (exact) mass is 315 g/mol. The number of para-hydroxylation sites is 1. The molecule has 116 valence electrons. The number of fused-ring (bicyclic) bond motifs is 1. The fraction of sp³-hybridized carbons (Fsp3) is 0.412. The molecule has 0 aliphatic carbocycles. The highest BCUT2D eigenvalue weighted by atomic mass is 32.2. The topological polar surface area (TPSA) is 38.2 Å². The van der Waals surface area contributed by atoms with E-state index >= 15 is 0 Å². The molecule has 0 saturated heterocycles. The molecule has 0 unspecified atom stereocenters. The van der Waals surface area contributed by atoms with E-state index in [0.717, 1.165) is 37.0 Å². The third kappa shape index (κ3) is 3.42. The molecule has 0 amide bonds. The van der Waals surface area contributed by atoms with E-state index in [9.17, 15) is 0 Å². The summed E-state index contributed by atoms with van der Waals surface area (Å²) in [7, 11) is 0. The van der Waals surface area contributed by atoms with Crippen molar-refractivity contribution in [1.82, 2.24) is 14.9 Å². The summed E-state index contributed by atoms with van der Waals surface area (Å²) in [5.41, 5.74) is 3.70. The molecule has 0 fully saturated rings. The van der Waals surface area contributed by atoms with Gasteiger partial charge in [0, 0.05) is 43.4 Å². The average molecular weight is 315 g/mol. The number of rotatable bonds is 5. The second kappa shape index (κ2) is 7.11. The number of aromatic nitrogens is 2. The van der Waals surface area contributed by atoms with Crippen molar-refractivity contribution in [3.63, 3.8) is 0 Å². The number of hydrogen-bond donors (Lipinski definition) is 0. The van der Waals surface area contributed by atoms with Gasteiger partial charge in [0.1, 0.15) is 5.75 Å². The van der Waals surface area contributed by atoms with Gasteiger partial charge in [0.15, 0.2) is 5.16 Å². The molecule has 4 nitrogen and oxygen atoms in total. The van der Waals surface area contributed by atoms with Crippen LogP contribution in [-0.2, 0) is 19.5 Å². The van der Waals surface area contributed by atoms with Crippen molar-refractivity contribution in [1.29, 1.82) is 0 Å². The minimum absolute atomic E-state index is 0.700. The third-order valence-corrected chi connectivity index (χ3v) is 4.40. The minimum Gasteiger partial charge on any atom is -0.494 e. The van der Waals surface area contributed by atoms with Crippen molar-refractivity contribution >= 4 is 11.8 Å². The first-order chi connectivity index (χ1) is 10.8. The lowest BCUT2D eigenvalue weighted by Crippen LogP contribution is -2.31. The molecular formula is C17H21N3OS. The number of ether oxygens (including phenoxy) is 1. The zero-order valence-electron chi connectivity index (χ0n) is 13.1. The Labute approximate surface area is 135 Å². The fourth-order valence-corrected chi connectivity index (χ4v) is 3.12. The van der Waals surface area contributed by atoms with E-state index in [1.165, 1.54) is 16.8 Å². The second-order valence-electron chi connectivity index (χ2n) is 5.33. The van der Waals surface area contributed by atoms with E-state index in [4.69, 9.17) is 4.74 Å². The van der Waals surface area contributed by atoms with E-state index in [-0.39, 0.29) is 0 Å². The summed E-state index contributed by atoms with van der Waals surface area (Å²) < 4.78 is 5.72. The molecule has 22 heavy (non-hydrogen) atoms. The Morgan fingerprint density at radius 2 is 2.18 bits per heavy atom. The standard InChI is InChI=1S/C17H21N3OS/c1-3-21-16-7-5-4-6-13(16)11-20-9-8-15-14(12-20)10-18-17(19-15)22-2/h4-7,10H,3,8-9,11-12H2,1-2H3. The van der Waals surface area contributed by atoms with E-state index in [1.54, 1.807) is 11.8 Å². The van der Waals surface area contributed by atoms with Gasteiger partial charge in [-0.25, -0.2) is 9.97 Å². The summed E-state index contributed by atoms with van der Waals surface area (Å²) in [5, 5.41) is 0.869. The Balaban J connectivity index is 1.73. The highest BCUT2D eigenvalue weighted by Crippen LogP contribution is 2.24. The maximum atomic E-state index is 5.72. The Kier molecular flexibility index (Phi) is 4.95. The molecule has 1 aromatic carbocycles. The van der Waals surface area contributed by atoms with Crippen molar-refractivity contribution in [2.75, 3.05) is 19.4 Å². The first kappa shape index (κ1) is 15.3. The van der Waals surface area contributed by atoms with E-state index in [0.29, 0.717) is 6.61 Å². The van der Waals surface area contributed by atoms with Crippen molar-refractivity contribution in [3.05, 3.63) is 47.3 Å². The third-order valence-electron chi connectivity index (χ3n) is 3.84. The van der Waals surface area contributed by atoms with Gasteiger partial charge in [-0.05, 0) is 19.2 Å². The van der Waals surface area contributed by atoms with Crippen LogP contribution in [0.3, 0.4) is 0 Å². The fourth-order valence-electron chi connectivity index (χ4n) is 2.76. The summed E-state index contributed by atoms with van der Waals surface area (Å²) in [4.78, 5) is 11.5. The molecule has 3 rings (SSSR count). The van der Waals surface area contributed by atoms with Crippen LogP contribution < -0.4 is 4.74 Å². The first-order valence-corrected chi connectivity index (χ1v) is 8.84. The molecule has 0 bridgehead atoms. The normalized spacial score (nSPS) is 14.6. The lowest BCUT2D eigenvalue weighted by Gasteiger charge is -2.28. The van der Waals surface area contributed by atoms with Crippen molar-refractivity contribution in [2.45, 2.75) is 31.6 Å². The lowest BCUT2D eigenvalue weighted by atomic mass is 10.1. The summed E-state index contributed by atoms with van der Waals surface area (Å²) in [6.07, 6.45) is 4.98. The molecule has 1 aliphatic heterocycles. The van der Waals surface area contributed by atoms with E-state index < -0.39 is 0 Å². The zero-order valence-corrected chi connectivity index (χ0v) is 13.9. The maximum absolute atomic E-state index is 5.72. The summed E-state index contributed by atoms with van der Waals surface area (Å²) in [5.74, 6) is 0.991. The summed E-state index contributed by atoms with van der Waals surface area (Å²) >= 11 is 1.60. The Morgan fingerprint density at radius 3 is 3.00 bits per heavy atom. The van der Waals surface area contributed by atoms with Crippen LogP contribution in [0.15, 0.2) is 35.6 Å². The smallest absolute Gasteiger partial charge is 0.187 e. The van der Waals surface area contributed by atoms with Crippen LogP contribution in [-0.4, -0.2) is 34.3 Å². The van der Waals surface area contributed by atoms with Gasteiger partial charge in [-0.2, -0.15) is 0 Å². The molecule has 2 heterocycles. The SMILES string of the molecule is CCOc1ccccc1CN1CCc2nc(SC)ncc2C1. The number of thioether (sulfide) groups is 1. The first-order valence-electron chi connectivity index (χ1n) is 7.62. The van der Waals surface area contributed by atoms with Crippen LogP contribution in [0, 0.1) is 0 Å². The van der Waals surface area contributed by atoms with Crippen molar-refractivity contribution < 1.29 is 4.74 Å². The van der Waals surface area contributed by atoms with Crippen molar-refractivity contribution in [3.8, 4) is 5.75 Å². The van der Waals surface area contributed by atoms with Crippen LogP contribution in [0.2, 0.25) is 0 Å². The molecule has 2 aromatic rings. The highest BCUT2D eigenvalue weighted by Gasteiger charge is 2.19. The van der Waals surface area contributed by atoms with Crippen molar-refractivity contribution in [2.24, 2.45) is 0 Å². The van der Waals surface area contributed by atoms with E-state index in [2.05, 4.69) is 27.0 Å². The molecule has 0 atom stereocenters. The Hall–Kier alpha value is -1.59. The molecule has 0 spiro atoms. The minimum atomic E-state index is 0.700. The van der Waals surface area contributed by atoms with Gasteiger partial charge in [-0.3, -0.25) is 4.90 Å². The average Bonchev–Trinajstić information content (AvgIpc) is 2.56. The summed E-state index contributed by atoms with van der Waals surface area (Å²) in [6.45, 7) is 5.56. The van der Waals surface area contributed by atoms with Gasteiger partial charge < -0.3 is 4.74 Å². The van der Waals surface area contributed by atoms with Gasteiger partial charge in [0.2, 0.25) is 0 Å². The molecule has 1 aliphatic rings. The molecule has 5 heteroatoms. The quantitative estimate of drug-likeness (QED) is 0.626. The largest absolute Gasteiger partial charge is 0.494 e. The number of nitrogens with zero attached hydrogens (tertiary/aromatic N) is 3. The summed E-state index contributed by atoms with van der Waals surface area (Å²) in [6, 6.07) is 8.29. The number of benzene rings is 1. The van der Waals surface area contributed by atoms with Crippen LogP contribution >= 0.6 is 11.8 Å². The van der Waals surface area contributed by atoms with Gasteiger partial charge >= 0.3 is 0 Å². The molecular weight excluding hydrogens is 294 g/mol. The van der Waals surface area contributed by atoms with Crippen LogP contribution in [0.4, 0.5) is 0 Å².